The van der Waals surface area contributed by atoms with Gasteiger partial charge in [0.25, 0.3) is 5.91 Å². The van der Waals surface area contributed by atoms with Gasteiger partial charge in [-0.25, -0.2) is 0 Å². The van der Waals surface area contributed by atoms with Crippen LogP contribution in [0.5, 0.6) is 0 Å². The maximum absolute atomic E-state index is 13.0. The second kappa shape index (κ2) is 5.97. The van der Waals surface area contributed by atoms with E-state index in [-0.39, 0.29) is 17.7 Å². The number of nitrogens with one attached hydrogen (secondary N) is 1. The second-order valence-electron chi connectivity index (χ2n) is 7.58. The minimum absolute atomic E-state index is 0.00687. The quantitative estimate of drug-likeness (QED) is 0.838. The van der Waals surface area contributed by atoms with Crippen LogP contribution in [0.4, 0.5) is 5.69 Å². The molecule has 6 nitrogen and oxygen atoms in total. The van der Waals surface area contributed by atoms with Crippen LogP contribution in [0.1, 0.15) is 42.1 Å². The van der Waals surface area contributed by atoms with Crippen molar-refractivity contribution < 1.29 is 14.4 Å². The Morgan fingerprint density at radius 2 is 2.00 bits per heavy atom. The van der Waals surface area contributed by atoms with Gasteiger partial charge in [-0.2, -0.15) is 0 Å². The number of piperidine rings is 1. The number of nitrogens with zero attached hydrogens (tertiary/aromatic N) is 2. The number of carbonyl (C=O) groups excluding carboxylic acids is 3. The standard InChI is InChI=1S/C20H23N3O3/c1-13-5-7-20(19(26)21-13)8-10-22(12-20)18(25)16-4-3-15-6-9-23(14(2)24)17(15)11-16/h3-4,11H,1,5-10,12H2,2H3,(H,21,26). The molecule has 1 atom stereocenters. The number of anilines is 1. The van der Waals surface area contributed by atoms with Crippen LogP contribution in [0.2, 0.25) is 0 Å². The summed E-state index contributed by atoms with van der Waals surface area (Å²) in [6.07, 6.45) is 3.01. The molecule has 1 unspecified atom stereocenters. The summed E-state index contributed by atoms with van der Waals surface area (Å²) in [5, 5.41) is 2.85. The Balaban J connectivity index is 1.54. The largest absolute Gasteiger partial charge is 0.338 e. The van der Waals surface area contributed by atoms with Crippen LogP contribution in [0.3, 0.4) is 0 Å². The Morgan fingerprint density at radius 3 is 2.73 bits per heavy atom. The van der Waals surface area contributed by atoms with Crippen molar-refractivity contribution in [3.05, 3.63) is 41.6 Å². The van der Waals surface area contributed by atoms with Gasteiger partial charge in [0.15, 0.2) is 0 Å². The molecule has 1 spiro atoms. The predicted octanol–water partition coefficient (Wildman–Crippen LogP) is 1.85. The molecule has 4 rings (SSSR count). The van der Waals surface area contributed by atoms with Crippen molar-refractivity contribution in [3.63, 3.8) is 0 Å². The van der Waals surface area contributed by atoms with E-state index in [0.717, 1.165) is 36.2 Å². The van der Waals surface area contributed by atoms with Crippen molar-refractivity contribution in [1.82, 2.24) is 10.2 Å². The molecule has 136 valence electrons. The summed E-state index contributed by atoms with van der Waals surface area (Å²) in [4.78, 5) is 40.7. The van der Waals surface area contributed by atoms with Gasteiger partial charge in [-0.3, -0.25) is 14.4 Å². The topological polar surface area (TPSA) is 69.7 Å². The molecule has 0 saturated carbocycles. The number of allylic oxidation sites excluding steroid dienone is 1. The molecular weight excluding hydrogens is 330 g/mol. The number of rotatable bonds is 1. The SMILES string of the molecule is C=C1CCC2(CCN(C(=O)c3ccc4c(c3)N(C(C)=O)CC4)C2)C(=O)N1. The molecule has 26 heavy (non-hydrogen) atoms. The van der Waals surface area contributed by atoms with E-state index in [1.807, 2.05) is 18.2 Å². The third-order valence-electron chi connectivity index (χ3n) is 5.93. The van der Waals surface area contributed by atoms with Crippen molar-refractivity contribution >= 4 is 23.4 Å². The first kappa shape index (κ1) is 16.8. The van der Waals surface area contributed by atoms with E-state index in [2.05, 4.69) is 11.9 Å². The number of carbonyl (C=O) groups is 3. The third-order valence-corrected chi connectivity index (χ3v) is 5.93. The average molecular weight is 353 g/mol. The van der Waals surface area contributed by atoms with Gasteiger partial charge in [0.2, 0.25) is 11.8 Å². The number of likely N-dealkylation sites (tertiary alicyclic amines) is 1. The van der Waals surface area contributed by atoms with Gasteiger partial charge < -0.3 is 15.1 Å². The summed E-state index contributed by atoms with van der Waals surface area (Å²) >= 11 is 0. The van der Waals surface area contributed by atoms with Gasteiger partial charge in [0.05, 0.1) is 5.41 Å². The zero-order valence-electron chi connectivity index (χ0n) is 15.0. The number of hydrogen-bond donors (Lipinski definition) is 1. The van der Waals surface area contributed by atoms with E-state index < -0.39 is 5.41 Å². The van der Waals surface area contributed by atoms with Crippen LogP contribution in [-0.2, 0) is 16.0 Å². The zero-order chi connectivity index (χ0) is 18.5. The van der Waals surface area contributed by atoms with Crippen molar-refractivity contribution in [2.24, 2.45) is 5.41 Å². The van der Waals surface area contributed by atoms with Gasteiger partial charge in [-0.1, -0.05) is 12.6 Å². The fourth-order valence-electron chi connectivity index (χ4n) is 4.32. The summed E-state index contributed by atoms with van der Waals surface area (Å²) in [5.74, 6) is -0.0920. The van der Waals surface area contributed by atoms with Crippen LogP contribution in [0.15, 0.2) is 30.5 Å². The fraction of sp³-hybridized carbons (Fsp3) is 0.450. The van der Waals surface area contributed by atoms with E-state index in [0.29, 0.717) is 31.6 Å². The molecular formula is C20H23N3O3. The first-order chi connectivity index (χ1) is 12.4. The molecule has 3 aliphatic heterocycles. The molecule has 2 fully saturated rings. The summed E-state index contributed by atoms with van der Waals surface area (Å²) in [7, 11) is 0. The number of benzene rings is 1. The predicted molar refractivity (Wildman–Crippen MR) is 97.6 cm³/mol. The first-order valence-electron chi connectivity index (χ1n) is 9.09. The highest BCUT2D eigenvalue weighted by atomic mass is 16.2. The van der Waals surface area contributed by atoms with Crippen LogP contribution in [-0.4, -0.2) is 42.3 Å². The van der Waals surface area contributed by atoms with Crippen molar-refractivity contribution in [1.29, 1.82) is 0 Å². The summed E-state index contributed by atoms with van der Waals surface area (Å²) in [5.41, 5.74) is 2.78. The molecule has 6 heteroatoms. The third kappa shape index (κ3) is 2.60. The molecule has 3 heterocycles. The summed E-state index contributed by atoms with van der Waals surface area (Å²) in [6.45, 7) is 7.06. The molecule has 0 aromatic heterocycles. The highest BCUT2D eigenvalue weighted by Crippen LogP contribution is 2.40. The molecule has 3 aliphatic rings. The Labute approximate surface area is 152 Å². The van der Waals surface area contributed by atoms with E-state index in [4.69, 9.17) is 0 Å². The highest BCUT2D eigenvalue weighted by molar-refractivity contribution is 5.99. The molecule has 1 aromatic carbocycles. The van der Waals surface area contributed by atoms with E-state index in [9.17, 15) is 14.4 Å². The van der Waals surface area contributed by atoms with Gasteiger partial charge in [0, 0.05) is 43.5 Å². The molecule has 1 N–H and O–H groups in total. The highest BCUT2D eigenvalue weighted by Gasteiger charge is 2.47. The number of amides is 3. The van der Waals surface area contributed by atoms with Gasteiger partial charge >= 0.3 is 0 Å². The number of fused-ring (bicyclic) bond motifs is 1. The average Bonchev–Trinajstić information content (AvgIpc) is 3.23. The van der Waals surface area contributed by atoms with E-state index in [1.54, 1.807) is 16.7 Å². The molecule has 1 aromatic rings. The normalized spacial score (nSPS) is 24.8. The summed E-state index contributed by atoms with van der Waals surface area (Å²) < 4.78 is 0. The molecule has 0 bridgehead atoms. The molecule has 2 saturated heterocycles. The monoisotopic (exact) mass is 353 g/mol. The van der Waals surface area contributed by atoms with Crippen molar-refractivity contribution in [2.75, 3.05) is 24.5 Å². The maximum Gasteiger partial charge on any atom is 0.253 e. The first-order valence-corrected chi connectivity index (χ1v) is 9.09. The number of hydrogen-bond acceptors (Lipinski definition) is 3. The fourth-order valence-corrected chi connectivity index (χ4v) is 4.32. The second-order valence-corrected chi connectivity index (χ2v) is 7.58. The molecule has 0 aliphatic carbocycles. The molecule has 3 amide bonds. The minimum Gasteiger partial charge on any atom is -0.338 e. The lowest BCUT2D eigenvalue weighted by molar-refractivity contribution is -0.131. The van der Waals surface area contributed by atoms with Crippen LogP contribution in [0.25, 0.3) is 0 Å². The Kier molecular flexibility index (Phi) is 3.86. The Bertz CT molecular complexity index is 832. The lowest BCUT2D eigenvalue weighted by atomic mass is 9.78. The Hall–Kier alpha value is -2.63. The smallest absolute Gasteiger partial charge is 0.253 e. The van der Waals surface area contributed by atoms with Crippen molar-refractivity contribution in [2.45, 2.75) is 32.6 Å². The molecule has 0 radical (unpaired) electrons. The van der Waals surface area contributed by atoms with Gasteiger partial charge in [0.1, 0.15) is 0 Å². The van der Waals surface area contributed by atoms with E-state index in [1.165, 1.54) is 0 Å². The zero-order valence-corrected chi connectivity index (χ0v) is 15.0. The lowest BCUT2D eigenvalue weighted by Gasteiger charge is -2.33. The van der Waals surface area contributed by atoms with Crippen LogP contribution < -0.4 is 10.2 Å². The van der Waals surface area contributed by atoms with Gasteiger partial charge in [-0.05, 0) is 43.4 Å². The lowest BCUT2D eigenvalue weighted by Crippen LogP contribution is -2.46. The van der Waals surface area contributed by atoms with Crippen LogP contribution in [0, 0.1) is 5.41 Å². The Morgan fingerprint density at radius 1 is 1.19 bits per heavy atom. The van der Waals surface area contributed by atoms with Crippen LogP contribution >= 0.6 is 0 Å². The van der Waals surface area contributed by atoms with Gasteiger partial charge in [-0.15, -0.1) is 0 Å². The van der Waals surface area contributed by atoms with E-state index >= 15 is 0 Å². The maximum atomic E-state index is 13.0. The summed E-state index contributed by atoms with van der Waals surface area (Å²) in [6, 6.07) is 5.59. The van der Waals surface area contributed by atoms with Crippen molar-refractivity contribution in [3.8, 4) is 0 Å². The minimum atomic E-state index is -0.487.